The third-order valence-corrected chi connectivity index (χ3v) is 7.90. The van der Waals surface area contributed by atoms with Crippen LogP contribution in [0.4, 0.5) is 4.79 Å². The summed E-state index contributed by atoms with van der Waals surface area (Å²) in [6.07, 6.45) is -0.219. The molecular formula is C34H37N3O8. The van der Waals surface area contributed by atoms with Gasteiger partial charge in [0.1, 0.15) is 23.1 Å². The zero-order chi connectivity index (χ0) is 32.3. The van der Waals surface area contributed by atoms with Crippen molar-refractivity contribution in [2.45, 2.75) is 64.7 Å². The van der Waals surface area contributed by atoms with Gasteiger partial charge in [-0.05, 0) is 73.7 Å². The lowest BCUT2D eigenvalue weighted by Crippen LogP contribution is -2.52. The van der Waals surface area contributed by atoms with Gasteiger partial charge in [-0.15, -0.1) is 0 Å². The highest BCUT2D eigenvalue weighted by Crippen LogP contribution is 2.36. The third-order valence-electron chi connectivity index (χ3n) is 7.90. The number of amides is 4. The number of fused-ring (bicyclic) bond motifs is 1. The van der Waals surface area contributed by atoms with Crippen LogP contribution in [0.25, 0.3) is 0 Å². The summed E-state index contributed by atoms with van der Waals surface area (Å²) in [7, 11) is 0. The standard InChI is InChI=1S/C34H37N3O8/c1-21(2)16-27(31(40)35-26(18-30(38)39)23-12-15-28-29(17-23)44-20-43-28)37-32(41)34(3,4)36(33(37)42)19-22-10-13-25(14-11-22)45-24-8-6-5-7-9-24/h5-15,17,21,26-27H,16,18-20H2,1-4H3,(H,35,40)(H,38,39)/t26-,27+/m1/s1. The van der Waals surface area contributed by atoms with Crippen molar-refractivity contribution in [3.8, 4) is 23.0 Å². The highest BCUT2D eigenvalue weighted by atomic mass is 16.7. The maximum absolute atomic E-state index is 13.9. The number of aliphatic carboxylic acids is 1. The van der Waals surface area contributed by atoms with Crippen LogP contribution in [0.2, 0.25) is 0 Å². The summed E-state index contributed by atoms with van der Waals surface area (Å²) in [6.45, 7) is 7.27. The average molecular weight is 616 g/mol. The number of carboxylic acids is 1. The fraction of sp³-hybridized carbons (Fsp3) is 0.353. The molecule has 236 valence electrons. The number of carbonyl (C=O) groups excluding carboxylic acids is 3. The number of urea groups is 1. The molecule has 2 aliphatic rings. The highest BCUT2D eigenvalue weighted by molar-refractivity contribution is 6.09. The van der Waals surface area contributed by atoms with Gasteiger partial charge in [-0.2, -0.15) is 0 Å². The van der Waals surface area contributed by atoms with E-state index in [9.17, 15) is 24.3 Å². The molecule has 0 aromatic heterocycles. The molecular weight excluding hydrogens is 578 g/mol. The predicted octanol–water partition coefficient (Wildman–Crippen LogP) is 5.50. The van der Waals surface area contributed by atoms with Crippen LogP contribution in [0.3, 0.4) is 0 Å². The largest absolute Gasteiger partial charge is 0.481 e. The first-order valence-electron chi connectivity index (χ1n) is 14.8. The molecule has 4 amide bonds. The Labute approximate surface area is 261 Å². The van der Waals surface area contributed by atoms with Crippen molar-refractivity contribution in [2.24, 2.45) is 5.92 Å². The second-order valence-electron chi connectivity index (χ2n) is 12.1. The van der Waals surface area contributed by atoms with Crippen LogP contribution in [-0.4, -0.2) is 57.1 Å². The first-order valence-corrected chi connectivity index (χ1v) is 14.8. The van der Waals surface area contributed by atoms with Crippen molar-refractivity contribution in [3.63, 3.8) is 0 Å². The number of rotatable bonds is 12. The summed E-state index contributed by atoms with van der Waals surface area (Å²) in [5.41, 5.74) is 0.0449. The lowest BCUT2D eigenvalue weighted by atomic mass is 9.97. The van der Waals surface area contributed by atoms with Gasteiger partial charge in [0.05, 0.1) is 12.5 Å². The Kier molecular flexibility index (Phi) is 8.99. The smallest absolute Gasteiger partial charge is 0.328 e. The third kappa shape index (κ3) is 6.87. The molecule has 0 bridgehead atoms. The molecule has 45 heavy (non-hydrogen) atoms. The van der Waals surface area contributed by atoms with Gasteiger partial charge in [0, 0.05) is 6.54 Å². The second-order valence-corrected chi connectivity index (χ2v) is 12.1. The zero-order valence-electron chi connectivity index (χ0n) is 25.7. The molecule has 3 aromatic rings. The molecule has 3 aromatic carbocycles. The molecule has 0 unspecified atom stereocenters. The van der Waals surface area contributed by atoms with Crippen LogP contribution < -0.4 is 19.5 Å². The highest BCUT2D eigenvalue weighted by Gasteiger charge is 2.54. The number of nitrogens with zero attached hydrogens (tertiary/aromatic N) is 2. The quantitative estimate of drug-likeness (QED) is 0.255. The predicted molar refractivity (Wildman–Crippen MR) is 164 cm³/mol. The maximum Gasteiger partial charge on any atom is 0.328 e. The summed E-state index contributed by atoms with van der Waals surface area (Å²) in [4.78, 5) is 55.9. The summed E-state index contributed by atoms with van der Waals surface area (Å²) < 4.78 is 16.7. The zero-order valence-corrected chi connectivity index (χ0v) is 25.7. The number of carbonyl (C=O) groups is 4. The Morgan fingerprint density at radius 2 is 1.62 bits per heavy atom. The van der Waals surface area contributed by atoms with Gasteiger partial charge in [-0.1, -0.05) is 50.2 Å². The molecule has 0 radical (unpaired) electrons. The molecule has 11 nitrogen and oxygen atoms in total. The van der Waals surface area contributed by atoms with Gasteiger partial charge in [-0.25, -0.2) is 9.69 Å². The van der Waals surface area contributed by atoms with Gasteiger partial charge in [0.15, 0.2) is 11.5 Å². The molecule has 2 aliphatic heterocycles. The van der Waals surface area contributed by atoms with E-state index in [1.165, 1.54) is 4.90 Å². The number of imide groups is 1. The minimum absolute atomic E-state index is 0.0439. The van der Waals surface area contributed by atoms with Crippen molar-refractivity contribution in [1.82, 2.24) is 15.1 Å². The fourth-order valence-electron chi connectivity index (χ4n) is 5.48. The number of hydrogen-bond acceptors (Lipinski definition) is 7. The minimum Gasteiger partial charge on any atom is -0.481 e. The Balaban J connectivity index is 1.36. The summed E-state index contributed by atoms with van der Waals surface area (Å²) in [5.74, 6) is -0.0193. The monoisotopic (exact) mass is 615 g/mol. The number of nitrogens with one attached hydrogen (secondary N) is 1. The van der Waals surface area contributed by atoms with Gasteiger partial charge in [0.2, 0.25) is 12.7 Å². The minimum atomic E-state index is -1.23. The fourth-order valence-corrected chi connectivity index (χ4v) is 5.48. The Bertz CT molecular complexity index is 1570. The van der Waals surface area contributed by atoms with Crippen molar-refractivity contribution in [1.29, 1.82) is 0 Å². The van der Waals surface area contributed by atoms with Gasteiger partial charge in [-0.3, -0.25) is 14.4 Å². The van der Waals surface area contributed by atoms with E-state index in [4.69, 9.17) is 14.2 Å². The Morgan fingerprint density at radius 1 is 0.956 bits per heavy atom. The summed E-state index contributed by atoms with van der Waals surface area (Å²) >= 11 is 0. The van der Waals surface area contributed by atoms with Crippen molar-refractivity contribution >= 4 is 23.8 Å². The van der Waals surface area contributed by atoms with Gasteiger partial charge in [0.25, 0.3) is 5.91 Å². The van der Waals surface area contributed by atoms with E-state index in [0.29, 0.717) is 28.6 Å². The first-order chi connectivity index (χ1) is 21.4. The molecule has 0 saturated carbocycles. The van der Waals surface area contributed by atoms with Crippen LogP contribution in [-0.2, 0) is 20.9 Å². The van der Waals surface area contributed by atoms with Crippen LogP contribution >= 0.6 is 0 Å². The maximum atomic E-state index is 13.9. The molecule has 0 aliphatic carbocycles. The average Bonchev–Trinajstić information content (AvgIpc) is 3.53. The number of carboxylic acid groups (broad SMARTS) is 1. The molecule has 0 spiro atoms. The summed E-state index contributed by atoms with van der Waals surface area (Å²) in [6, 6.07) is 18.9. The molecule has 11 heteroatoms. The van der Waals surface area contributed by atoms with Gasteiger partial charge >= 0.3 is 12.0 Å². The topological polar surface area (TPSA) is 135 Å². The van der Waals surface area contributed by atoms with Crippen molar-refractivity contribution in [2.75, 3.05) is 6.79 Å². The molecule has 1 fully saturated rings. The van der Waals surface area contributed by atoms with Crippen LogP contribution in [0.15, 0.2) is 72.8 Å². The Hall–Kier alpha value is -5.06. The normalized spacial score (nSPS) is 16.6. The number of ether oxygens (including phenoxy) is 3. The number of para-hydroxylation sites is 1. The van der Waals surface area contributed by atoms with E-state index in [0.717, 1.165) is 10.5 Å². The lowest BCUT2D eigenvalue weighted by Gasteiger charge is -2.29. The van der Waals surface area contributed by atoms with Crippen LogP contribution in [0.5, 0.6) is 23.0 Å². The number of hydrogen-bond donors (Lipinski definition) is 2. The SMILES string of the molecule is CC(C)C[C@@H](C(=O)N[C@H](CC(=O)O)c1ccc2c(c1)OCO2)N1C(=O)N(Cc2ccc(Oc3ccccc3)cc2)C(C)(C)C1=O. The van der Waals surface area contributed by atoms with Crippen LogP contribution in [0.1, 0.15) is 57.7 Å². The van der Waals surface area contributed by atoms with E-state index < -0.39 is 47.9 Å². The molecule has 2 atom stereocenters. The number of benzene rings is 3. The molecule has 5 rings (SSSR count). The van der Waals surface area contributed by atoms with E-state index >= 15 is 0 Å². The second kappa shape index (κ2) is 12.9. The van der Waals surface area contributed by atoms with Crippen molar-refractivity contribution < 1.29 is 38.5 Å². The summed E-state index contributed by atoms with van der Waals surface area (Å²) in [5, 5.41) is 12.4. The van der Waals surface area contributed by atoms with E-state index in [1.807, 2.05) is 56.3 Å². The molecule has 2 heterocycles. The lowest BCUT2D eigenvalue weighted by molar-refractivity contribution is -0.140. The van der Waals surface area contributed by atoms with Gasteiger partial charge < -0.3 is 29.5 Å². The van der Waals surface area contributed by atoms with Crippen molar-refractivity contribution in [3.05, 3.63) is 83.9 Å². The molecule has 1 saturated heterocycles. The van der Waals surface area contributed by atoms with Crippen LogP contribution in [0, 0.1) is 5.92 Å². The van der Waals surface area contributed by atoms with E-state index in [1.54, 1.807) is 44.2 Å². The first kappa shape index (κ1) is 31.4. The van der Waals surface area contributed by atoms with E-state index in [2.05, 4.69) is 5.32 Å². The van der Waals surface area contributed by atoms with E-state index in [-0.39, 0.29) is 25.7 Å². The molecule has 2 N–H and O–H groups in total. The Morgan fingerprint density at radius 3 is 2.29 bits per heavy atom.